The Hall–Kier alpha value is -7.24. The van der Waals surface area contributed by atoms with E-state index in [9.17, 15) is 0 Å². The minimum atomic E-state index is 0.771. The molecule has 0 aliphatic rings. The summed E-state index contributed by atoms with van der Waals surface area (Å²) in [6.07, 6.45) is 5.83. The molecule has 0 unspecified atom stereocenters. The summed E-state index contributed by atoms with van der Waals surface area (Å²) in [4.78, 5) is 0. The summed E-state index contributed by atoms with van der Waals surface area (Å²) in [7, 11) is 0. The van der Waals surface area contributed by atoms with Gasteiger partial charge in [-0.2, -0.15) is 0 Å². The number of para-hydroxylation sites is 3. The summed E-state index contributed by atoms with van der Waals surface area (Å²) in [6.45, 7) is 6.03. The molecule has 54 heavy (non-hydrogen) atoms. The van der Waals surface area contributed by atoms with Gasteiger partial charge in [0.25, 0.3) is 0 Å². The average Bonchev–Trinajstić information content (AvgIpc) is 4.04. The fourth-order valence-electron chi connectivity index (χ4n) is 9.43. The molecule has 0 fully saturated rings. The van der Waals surface area contributed by atoms with Crippen LogP contribution in [0.2, 0.25) is 0 Å². The number of fused-ring (bicyclic) bond motifs is 18. The minimum absolute atomic E-state index is 0.771. The molecule has 0 aliphatic heterocycles. The fraction of sp³-hybridized carbons (Fsp3) is 0.0204. The van der Waals surface area contributed by atoms with E-state index in [0.29, 0.717) is 0 Å². The highest BCUT2D eigenvalue weighted by molar-refractivity contribution is 6.32. The van der Waals surface area contributed by atoms with E-state index >= 15 is 0 Å². The molecule has 0 radical (unpaired) electrons. The Morgan fingerprint density at radius 1 is 0.463 bits per heavy atom. The van der Waals surface area contributed by atoms with Gasteiger partial charge in [0.2, 0.25) is 0 Å². The second-order valence-corrected chi connectivity index (χ2v) is 14.3. The summed E-state index contributed by atoms with van der Waals surface area (Å²) >= 11 is 0. The van der Waals surface area contributed by atoms with Crippen LogP contribution in [-0.4, -0.2) is 4.40 Å². The first-order valence-electron chi connectivity index (χ1n) is 18.2. The van der Waals surface area contributed by atoms with Crippen molar-refractivity contribution in [2.75, 3.05) is 0 Å². The van der Waals surface area contributed by atoms with E-state index in [1.807, 2.05) is 42.5 Å². The lowest BCUT2D eigenvalue weighted by Gasteiger charge is -2.07. The number of nitrogens with zero attached hydrogens (tertiary/aromatic N) is 1. The summed E-state index contributed by atoms with van der Waals surface area (Å²) < 4.78 is 29.5. The maximum absolute atomic E-state index is 6.79. The largest absolute Gasteiger partial charge is 0.455 e. The molecule has 0 spiro atoms. The average molecular weight is 694 g/mol. The Bertz CT molecular complexity index is 3780. The second-order valence-electron chi connectivity index (χ2n) is 14.3. The van der Waals surface area contributed by atoms with Crippen molar-refractivity contribution in [2.45, 2.75) is 6.92 Å². The van der Waals surface area contributed by atoms with Gasteiger partial charge >= 0.3 is 0 Å². The van der Waals surface area contributed by atoms with Gasteiger partial charge < -0.3 is 22.1 Å². The Kier molecular flexibility index (Phi) is 5.14. The van der Waals surface area contributed by atoms with Gasteiger partial charge in [0.15, 0.2) is 11.2 Å². The summed E-state index contributed by atoms with van der Waals surface area (Å²) in [6, 6.07) is 40.6. The Labute approximate surface area is 304 Å². The zero-order valence-electron chi connectivity index (χ0n) is 29.0. The maximum Gasteiger partial charge on any atom is 0.160 e. The molecule has 7 aromatic carbocycles. The third kappa shape index (κ3) is 3.32. The first kappa shape index (κ1) is 28.4. The predicted molar refractivity (Wildman–Crippen MR) is 222 cm³/mol. The van der Waals surface area contributed by atoms with Crippen LogP contribution >= 0.6 is 0 Å². The van der Waals surface area contributed by atoms with E-state index in [1.165, 1.54) is 0 Å². The quantitative estimate of drug-likeness (QED) is 0.181. The number of aromatic nitrogens is 1. The summed E-state index contributed by atoms with van der Waals surface area (Å²) in [5, 5.41) is 13.0. The van der Waals surface area contributed by atoms with Gasteiger partial charge in [0, 0.05) is 64.5 Å². The summed E-state index contributed by atoms with van der Waals surface area (Å²) in [5.41, 5.74) is 11.8. The fourth-order valence-corrected chi connectivity index (χ4v) is 9.43. The molecule has 13 aromatic rings. The van der Waals surface area contributed by atoms with Gasteiger partial charge in [-0.3, -0.25) is 0 Å². The molecule has 0 saturated heterocycles. The molecule has 0 amide bonds. The molecule has 5 heteroatoms. The number of benzene rings is 7. The number of rotatable bonds is 2. The van der Waals surface area contributed by atoms with Crippen LogP contribution in [0.1, 0.15) is 6.92 Å². The maximum atomic E-state index is 6.79. The molecule has 6 aromatic heterocycles. The van der Waals surface area contributed by atoms with Crippen molar-refractivity contribution in [3.63, 3.8) is 0 Å². The molecular formula is C49H27NO4. The van der Waals surface area contributed by atoms with Crippen LogP contribution in [0.4, 0.5) is 0 Å². The monoisotopic (exact) mass is 693 g/mol. The van der Waals surface area contributed by atoms with Crippen molar-refractivity contribution in [1.82, 2.24) is 4.40 Å². The normalized spacial score (nSPS) is 13.6. The molecule has 0 bridgehead atoms. The Balaban J connectivity index is 1.29. The SMILES string of the molecule is C=C/C=c1/oc2c(-c3cc4c5ccc6c7ccccc7oc6c5n5c4c(c3)c3ccc4c6ccccc6oc4c35)c3oc4ccccc4c3cc2/c1=C/C. The van der Waals surface area contributed by atoms with E-state index in [-0.39, 0.29) is 0 Å². The smallest absolute Gasteiger partial charge is 0.160 e. The highest BCUT2D eigenvalue weighted by Gasteiger charge is 2.27. The lowest BCUT2D eigenvalue weighted by atomic mass is 9.95. The molecule has 13 rings (SSSR count). The molecule has 0 atom stereocenters. The van der Waals surface area contributed by atoms with Crippen LogP contribution in [-0.2, 0) is 0 Å². The van der Waals surface area contributed by atoms with Gasteiger partial charge in [0.05, 0.1) is 22.1 Å². The number of hydrogen-bond acceptors (Lipinski definition) is 4. The van der Waals surface area contributed by atoms with Crippen molar-refractivity contribution in [3.8, 4) is 11.1 Å². The lowest BCUT2D eigenvalue weighted by Crippen LogP contribution is -2.18. The van der Waals surface area contributed by atoms with E-state index in [0.717, 1.165) is 137 Å². The van der Waals surface area contributed by atoms with Gasteiger partial charge in [-0.25, -0.2) is 0 Å². The van der Waals surface area contributed by atoms with Crippen molar-refractivity contribution < 1.29 is 17.7 Å². The third-order valence-corrected chi connectivity index (χ3v) is 11.6. The van der Waals surface area contributed by atoms with Crippen molar-refractivity contribution >= 4 is 127 Å². The first-order valence-corrected chi connectivity index (χ1v) is 18.2. The molecule has 0 saturated carbocycles. The van der Waals surface area contributed by atoms with Crippen LogP contribution < -0.4 is 10.6 Å². The molecule has 0 N–H and O–H groups in total. The van der Waals surface area contributed by atoms with E-state index in [2.05, 4.69) is 103 Å². The highest BCUT2D eigenvalue weighted by atomic mass is 16.3. The predicted octanol–water partition coefficient (Wildman–Crippen LogP) is 12.7. The standard InChI is InChI=1S/C49H27NO4/c1-3-11-38-26(4-2)36-24-37-29-14-7-10-17-41(29)52-47(37)42(46(36)51-38)25-22-34-30-18-20-32-27-12-5-8-15-39(27)53-48(32)44(30)50-43(34)35(23-25)31-19-21-33-28-13-6-9-16-40(28)54-49(33)45(31)50/h3-24H,1H2,2H3/b26-4-,38-11+. The summed E-state index contributed by atoms with van der Waals surface area (Å²) in [5.74, 6) is 0. The second kappa shape index (κ2) is 9.79. The first-order chi connectivity index (χ1) is 26.7. The van der Waals surface area contributed by atoms with Crippen LogP contribution in [0.15, 0.2) is 146 Å². The Morgan fingerprint density at radius 2 is 0.963 bits per heavy atom. The number of furan rings is 4. The van der Waals surface area contributed by atoms with E-state index in [1.54, 1.807) is 6.08 Å². The lowest BCUT2D eigenvalue weighted by molar-refractivity contribution is 0.576. The van der Waals surface area contributed by atoms with Crippen LogP contribution in [0.25, 0.3) is 138 Å². The van der Waals surface area contributed by atoms with E-state index < -0.39 is 0 Å². The van der Waals surface area contributed by atoms with Gasteiger partial charge in [-0.05, 0) is 67.1 Å². The van der Waals surface area contributed by atoms with Crippen LogP contribution in [0, 0.1) is 0 Å². The van der Waals surface area contributed by atoms with Crippen molar-refractivity contribution in [3.05, 3.63) is 139 Å². The van der Waals surface area contributed by atoms with Gasteiger partial charge in [-0.15, -0.1) is 0 Å². The Morgan fingerprint density at radius 3 is 1.52 bits per heavy atom. The molecule has 252 valence electrons. The molecule has 5 nitrogen and oxygen atoms in total. The van der Waals surface area contributed by atoms with E-state index in [4.69, 9.17) is 17.7 Å². The van der Waals surface area contributed by atoms with Gasteiger partial charge in [-0.1, -0.05) is 85.5 Å². The molecular weight excluding hydrogens is 667 g/mol. The number of hydrogen-bond donors (Lipinski definition) is 0. The topological polar surface area (TPSA) is 57.0 Å². The van der Waals surface area contributed by atoms with Gasteiger partial charge in [0.1, 0.15) is 33.3 Å². The number of allylic oxidation sites excluding steroid dienone is 1. The zero-order valence-corrected chi connectivity index (χ0v) is 29.0. The molecule has 6 heterocycles. The van der Waals surface area contributed by atoms with Crippen LogP contribution in [0.3, 0.4) is 0 Å². The minimum Gasteiger partial charge on any atom is -0.455 e. The third-order valence-electron chi connectivity index (χ3n) is 11.6. The van der Waals surface area contributed by atoms with Crippen LogP contribution in [0.5, 0.6) is 0 Å². The van der Waals surface area contributed by atoms with Crippen molar-refractivity contribution in [2.24, 2.45) is 0 Å². The highest BCUT2D eigenvalue weighted by Crippen LogP contribution is 2.49. The van der Waals surface area contributed by atoms with Crippen molar-refractivity contribution in [1.29, 1.82) is 0 Å². The molecule has 0 aliphatic carbocycles. The zero-order chi connectivity index (χ0) is 35.4.